The molecule has 98 valence electrons. The van der Waals surface area contributed by atoms with Crippen molar-refractivity contribution in [1.29, 1.82) is 0 Å². The van der Waals surface area contributed by atoms with Gasteiger partial charge in [-0.05, 0) is 18.6 Å². The second kappa shape index (κ2) is 4.93. The van der Waals surface area contributed by atoms with Gasteiger partial charge in [0.1, 0.15) is 5.69 Å². The zero-order valence-electron chi connectivity index (χ0n) is 10.3. The van der Waals surface area contributed by atoms with Crippen molar-refractivity contribution >= 4 is 11.7 Å². The smallest absolute Gasteiger partial charge is 0.323 e. The van der Waals surface area contributed by atoms with Crippen LogP contribution in [-0.4, -0.2) is 21.7 Å². The monoisotopic (exact) mass is 259 g/mol. The molecule has 0 fully saturated rings. The molecule has 2 rings (SSSR count). The van der Waals surface area contributed by atoms with Crippen LogP contribution in [0, 0.1) is 0 Å². The van der Waals surface area contributed by atoms with Gasteiger partial charge >= 0.3 is 5.69 Å². The first-order valence-electron chi connectivity index (χ1n) is 5.78. The Morgan fingerprint density at radius 1 is 1.11 bits per heavy atom. The number of ketones is 1. The van der Waals surface area contributed by atoms with E-state index < -0.39 is 11.6 Å². The molecule has 1 aromatic heterocycles. The van der Waals surface area contributed by atoms with Crippen LogP contribution >= 0.6 is 0 Å². The standard InChI is InChI=1S/C13H13N3O3/c1-2-9-10(16-13(19)15-9)11(17)7-3-5-8(6-4-7)12(14)18/h3-6H,2H2,1H3,(H2,14,18)(H2,15,16,19). The highest BCUT2D eigenvalue weighted by atomic mass is 16.2. The lowest BCUT2D eigenvalue weighted by Gasteiger charge is -2.02. The molecule has 0 atom stereocenters. The van der Waals surface area contributed by atoms with Gasteiger partial charge in [-0.2, -0.15) is 0 Å². The fourth-order valence-electron chi connectivity index (χ4n) is 1.81. The normalized spacial score (nSPS) is 10.4. The Morgan fingerprint density at radius 2 is 1.68 bits per heavy atom. The Kier molecular flexibility index (Phi) is 3.33. The van der Waals surface area contributed by atoms with Crippen molar-refractivity contribution < 1.29 is 9.59 Å². The first-order chi connectivity index (χ1) is 9.02. The van der Waals surface area contributed by atoms with Crippen molar-refractivity contribution in [2.24, 2.45) is 5.73 Å². The highest BCUT2D eigenvalue weighted by Gasteiger charge is 2.16. The predicted molar refractivity (Wildman–Crippen MR) is 69.2 cm³/mol. The molecule has 0 bridgehead atoms. The number of aromatic nitrogens is 2. The molecule has 1 aromatic carbocycles. The van der Waals surface area contributed by atoms with Gasteiger partial charge in [0.25, 0.3) is 0 Å². The maximum Gasteiger partial charge on any atom is 0.323 e. The Morgan fingerprint density at radius 3 is 2.21 bits per heavy atom. The van der Waals surface area contributed by atoms with E-state index in [0.717, 1.165) is 0 Å². The van der Waals surface area contributed by atoms with E-state index in [9.17, 15) is 14.4 Å². The molecule has 6 heteroatoms. The molecular formula is C13H13N3O3. The van der Waals surface area contributed by atoms with Crippen LogP contribution in [0.3, 0.4) is 0 Å². The van der Waals surface area contributed by atoms with Crippen molar-refractivity contribution in [2.45, 2.75) is 13.3 Å². The number of nitrogens with one attached hydrogen (secondary N) is 2. The molecule has 1 heterocycles. The SMILES string of the molecule is CCc1[nH]c(=O)[nH]c1C(=O)c1ccc(C(N)=O)cc1. The molecule has 19 heavy (non-hydrogen) atoms. The average molecular weight is 259 g/mol. The van der Waals surface area contributed by atoms with Crippen LogP contribution in [0.25, 0.3) is 0 Å². The summed E-state index contributed by atoms with van der Waals surface area (Å²) in [6, 6.07) is 5.97. The minimum atomic E-state index is -0.553. The lowest BCUT2D eigenvalue weighted by atomic mass is 10.0. The number of aromatic amines is 2. The summed E-state index contributed by atoms with van der Waals surface area (Å²) < 4.78 is 0. The van der Waals surface area contributed by atoms with E-state index in [4.69, 9.17) is 5.73 Å². The fourth-order valence-corrected chi connectivity index (χ4v) is 1.81. The highest BCUT2D eigenvalue weighted by Crippen LogP contribution is 2.11. The summed E-state index contributed by atoms with van der Waals surface area (Å²) >= 11 is 0. The van der Waals surface area contributed by atoms with Crippen molar-refractivity contribution in [2.75, 3.05) is 0 Å². The highest BCUT2D eigenvalue weighted by molar-refractivity contribution is 6.08. The summed E-state index contributed by atoms with van der Waals surface area (Å²) in [5, 5.41) is 0. The first kappa shape index (κ1) is 12.8. The van der Waals surface area contributed by atoms with E-state index in [1.807, 2.05) is 6.92 Å². The van der Waals surface area contributed by atoms with Gasteiger partial charge in [0.15, 0.2) is 0 Å². The molecule has 4 N–H and O–H groups in total. The number of hydrogen-bond donors (Lipinski definition) is 3. The fraction of sp³-hybridized carbons (Fsp3) is 0.154. The minimum Gasteiger partial charge on any atom is -0.366 e. The van der Waals surface area contributed by atoms with Gasteiger partial charge in [-0.1, -0.05) is 19.1 Å². The molecule has 0 unspecified atom stereocenters. The molecule has 1 amide bonds. The van der Waals surface area contributed by atoms with Gasteiger partial charge in [0.05, 0.1) is 0 Å². The van der Waals surface area contributed by atoms with Crippen LogP contribution in [0.2, 0.25) is 0 Å². The van der Waals surface area contributed by atoms with Crippen LogP contribution in [0.5, 0.6) is 0 Å². The molecule has 2 aromatic rings. The zero-order valence-corrected chi connectivity index (χ0v) is 10.3. The van der Waals surface area contributed by atoms with Gasteiger partial charge < -0.3 is 15.7 Å². The topological polar surface area (TPSA) is 109 Å². The minimum absolute atomic E-state index is 0.249. The summed E-state index contributed by atoms with van der Waals surface area (Å²) in [7, 11) is 0. The van der Waals surface area contributed by atoms with Gasteiger partial charge in [-0.3, -0.25) is 9.59 Å². The average Bonchev–Trinajstić information content (AvgIpc) is 2.79. The van der Waals surface area contributed by atoms with Crippen molar-refractivity contribution in [3.05, 3.63) is 57.3 Å². The number of imidazole rings is 1. The Balaban J connectivity index is 2.38. The summed E-state index contributed by atoms with van der Waals surface area (Å²) in [5.41, 5.74) is 6.24. The molecule has 0 aliphatic rings. The number of aryl methyl sites for hydroxylation is 1. The van der Waals surface area contributed by atoms with E-state index in [1.54, 1.807) is 0 Å². The second-order valence-electron chi connectivity index (χ2n) is 4.06. The van der Waals surface area contributed by atoms with Crippen LogP contribution in [0.1, 0.15) is 39.0 Å². The number of rotatable bonds is 4. The van der Waals surface area contributed by atoms with Crippen LogP contribution in [-0.2, 0) is 6.42 Å². The van der Waals surface area contributed by atoms with E-state index in [1.165, 1.54) is 24.3 Å². The molecule has 6 nitrogen and oxygen atoms in total. The van der Waals surface area contributed by atoms with Crippen LogP contribution < -0.4 is 11.4 Å². The molecular weight excluding hydrogens is 246 g/mol. The van der Waals surface area contributed by atoms with Crippen LogP contribution in [0.4, 0.5) is 0 Å². The quantitative estimate of drug-likeness (QED) is 0.699. The Labute approximate surface area is 108 Å². The van der Waals surface area contributed by atoms with Gasteiger partial charge in [-0.15, -0.1) is 0 Å². The zero-order chi connectivity index (χ0) is 14.0. The van der Waals surface area contributed by atoms with Crippen molar-refractivity contribution in [1.82, 2.24) is 9.97 Å². The van der Waals surface area contributed by atoms with Gasteiger partial charge in [0.2, 0.25) is 11.7 Å². The molecule has 0 radical (unpaired) electrons. The Bertz CT molecular complexity index is 680. The Hall–Kier alpha value is -2.63. The lowest BCUT2D eigenvalue weighted by Crippen LogP contribution is -2.12. The number of benzene rings is 1. The third-order valence-corrected chi connectivity index (χ3v) is 2.82. The summed E-state index contributed by atoms with van der Waals surface area (Å²) in [6.45, 7) is 1.84. The number of carbonyl (C=O) groups is 2. The summed E-state index contributed by atoms with van der Waals surface area (Å²) in [6.07, 6.45) is 0.541. The van der Waals surface area contributed by atoms with Crippen LogP contribution in [0.15, 0.2) is 29.1 Å². The molecule has 0 saturated heterocycles. The third kappa shape index (κ3) is 2.47. The second-order valence-corrected chi connectivity index (χ2v) is 4.06. The van der Waals surface area contributed by atoms with E-state index in [2.05, 4.69) is 9.97 Å². The van der Waals surface area contributed by atoms with Crippen molar-refractivity contribution in [3.63, 3.8) is 0 Å². The lowest BCUT2D eigenvalue weighted by molar-refractivity contribution is 0.0996. The molecule has 0 aliphatic carbocycles. The number of hydrogen-bond acceptors (Lipinski definition) is 3. The largest absolute Gasteiger partial charge is 0.366 e. The maximum atomic E-state index is 12.2. The number of primary amides is 1. The van der Waals surface area contributed by atoms with E-state index in [0.29, 0.717) is 23.2 Å². The molecule has 0 saturated carbocycles. The van der Waals surface area contributed by atoms with Crippen molar-refractivity contribution in [3.8, 4) is 0 Å². The number of H-pyrrole nitrogens is 2. The summed E-state index contributed by atoms with van der Waals surface area (Å²) in [4.78, 5) is 39.4. The van der Waals surface area contributed by atoms with Gasteiger partial charge in [-0.25, -0.2) is 4.79 Å². The molecule has 0 aliphatic heterocycles. The number of carbonyl (C=O) groups excluding carboxylic acids is 2. The van der Waals surface area contributed by atoms with Gasteiger partial charge in [0, 0.05) is 16.8 Å². The third-order valence-electron chi connectivity index (χ3n) is 2.82. The van der Waals surface area contributed by atoms with E-state index in [-0.39, 0.29) is 11.5 Å². The summed E-state index contributed by atoms with van der Waals surface area (Å²) in [5.74, 6) is -0.852. The number of amides is 1. The van der Waals surface area contributed by atoms with E-state index >= 15 is 0 Å². The first-order valence-corrected chi connectivity index (χ1v) is 5.78. The molecule has 0 spiro atoms. The predicted octanol–water partition coefficient (Wildman–Crippen LogP) is 0.595. The maximum absolute atomic E-state index is 12.2. The number of nitrogens with two attached hydrogens (primary N) is 1.